The summed E-state index contributed by atoms with van der Waals surface area (Å²) in [4.78, 5) is 0. The topological polar surface area (TPSA) is 60.7 Å². The molecule has 0 saturated carbocycles. The maximum atomic E-state index is 9.75. The van der Waals surface area contributed by atoms with Crippen molar-refractivity contribution in [1.29, 1.82) is 0 Å². The van der Waals surface area contributed by atoms with E-state index in [1.54, 1.807) is 20.8 Å². The van der Waals surface area contributed by atoms with Crippen molar-refractivity contribution >= 4 is 0 Å². The lowest BCUT2D eigenvalue weighted by Gasteiger charge is -2.25. The molecule has 0 fully saturated rings. The zero-order chi connectivity index (χ0) is 11.2. The van der Waals surface area contributed by atoms with Crippen molar-refractivity contribution in [1.82, 2.24) is 0 Å². The van der Waals surface area contributed by atoms with E-state index in [2.05, 4.69) is 11.8 Å². The fourth-order valence-electron chi connectivity index (χ4n) is 1.31. The van der Waals surface area contributed by atoms with Crippen LogP contribution in [0.3, 0.4) is 0 Å². The molecule has 0 saturated heterocycles. The Bertz CT molecular complexity index is 215. The number of unbranched alkanes of at least 4 members (excludes halogenated alkanes) is 1. The Kier molecular flexibility index (Phi) is 5.14. The smallest absolute Gasteiger partial charge is 0.125 e. The summed E-state index contributed by atoms with van der Waals surface area (Å²) >= 11 is 0. The first kappa shape index (κ1) is 13.4. The van der Waals surface area contributed by atoms with Gasteiger partial charge in [-0.1, -0.05) is 5.92 Å². The predicted octanol–water partition coefficient (Wildman–Crippen LogP) is 0.674. The summed E-state index contributed by atoms with van der Waals surface area (Å²) in [6.45, 7) is 4.97. The number of aliphatic hydroxyl groups is 3. The van der Waals surface area contributed by atoms with Crippen molar-refractivity contribution in [3.8, 4) is 11.8 Å². The van der Waals surface area contributed by atoms with E-state index in [1.807, 2.05) is 0 Å². The molecule has 0 aliphatic rings. The Hall–Kier alpha value is -0.560. The van der Waals surface area contributed by atoms with Gasteiger partial charge in [0.15, 0.2) is 0 Å². The van der Waals surface area contributed by atoms with Crippen molar-refractivity contribution < 1.29 is 15.3 Å². The van der Waals surface area contributed by atoms with Gasteiger partial charge in [0.1, 0.15) is 5.60 Å². The van der Waals surface area contributed by atoms with Crippen molar-refractivity contribution in [3.63, 3.8) is 0 Å². The van der Waals surface area contributed by atoms with Gasteiger partial charge in [-0.25, -0.2) is 0 Å². The summed E-state index contributed by atoms with van der Waals surface area (Å²) in [6, 6.07) is 0. The molecule has 0 spiro atoms. The molecule has 3 N–H and O–H groups in total. The minimum Gasteiger partial charge on any atom is -0.396 e. The van der Waals surface area contributed by atoms with Crippen LogP contribution in [0.2, 0.25) is 0 Å². The Morgan fingerprint density at radius 3 is 2.14 bits per heavy atom. The van der Waals surface area contributed by atoms with Gasteiger partial charge in [-0.15, -0.1) is 5.92 Å². The molecular weight excluding hydrogens is 180 g/mol. The molecule has 1 atom stereocenters. The zero-order valence-corrected chi connectivity index (χ0v) is 9.17. The first-order valence-electron chi connectivity index (χ1n) is 4.82. The number of hydrogen-bond donors (Lipinski definition) is 3. The molecule has 0 bridgehead atoms. The molecule has 0 radical (unpaired) electrons. The minimum atomic E-state index is -1.16. The maximum absolute atomic E-state index is 9.75. The molecule has 3 heteroatoms. The average Bonchev–Trinajstić information content (AvgIpc) is 1.93. The van der Waals surface area contributed by atoms with Gasteiger partial charge in [-0.2, -0.15) is 0 Å². The van der Waals surface area contributed by atoms with E-state index in [9.17, 15) is 10.2 Å². The fraction of sp³-hybridized carbons (Fsp3) is 0.818. The normalized spacial score (nSPS) is 15.6. The lowest BCUT2D eigenvalue weighted by molar-refractivity contribution is -0.00423. The maximum Gasteiger partial charge on any atom is 0.125 e. The fourth-order valence-corrected chi connectivity index (χ4v) is 1.31. The van der Waals surface area contributed by atoms with Crippen LogP contribution in [0.1, 0.15) is 40.0 Å². The van der Waals surface area contributed by atoms with E-state index >= 15 is 0 Å². The molecule has 14 heavy (non-hydrogen) atoms. The van der Waals surface area contributed by atoms with Gasteiger partial charge in [-0.05, 0) is 27.2 Å². The highest BCUT2D eigenvalue weighted by Gasteiger charge is 2.26. The molecular formula is C11H20O3. The van der Waals surface area contributed by atoms with Crippen LogP contribution in [0, 0.1) is 11.8 Å². The molecule has 0 aromatic carbocycles. The molecule has 0 aliphatic carbocycles. The molecule has 0 amide bonds. The largest absolute Gasteiger partial charge is 0.396 e. The van der Waals surface area contributed by atoms with Crippen LogP contribution >= 0.6 is 0 Å². The second-order valence-electron chi connectivity index (χ2n) is 4.39. The highest BCUT2D eigenvalue weighted by Crippen LogP contribution is 2.18. The van der Waals surface area contributed by atoms with Gasteiger partial charge in [0.25, 0.3) is 0 Å². The van der Waals surface area contributed by atoms with E-state index in [0.717, 1.165) is 0 Å². The summed E-state index contributed by atoms with van der Waals surface area (Å²) in [6.07, 6.45) is 1.40. The van der Waals surface area contributed by atoms with Gasteiger partial charge in [0.2, 0.25) is 0 Å². The van der Waals surface area contributed by atoms with Crippen LogP contribution in [0.5, 0.6) is 0 Å². The van der Waals surface area contributed by atoms with Crippen molar-refractivity contribution in [3.05, 3.63) is 0 Å². The van der Waals surface area contributed by atoms with Crippen molar-refractivity contribution in [2.75, 3.05) is 6.61 Å². The third-order valence-corrected chi connectivity index (χ3v) is 1.59. The first-order chi connectivity index (χ1) is 6.27. The van der Waals surface area contributed by atoms with Crippen LogP contribution in [0.4, 0.5) is 0 Å². The lowest BCUT2D eigenvalue weighted by atomic mass is 9.91. The lowest BCUT2D eigenvalue weighted by Crippen LogP contribution is -2.34. The van der Waals surface area contributed by atoms with Gasteiger partial charge in [0.05, 0.1) is 5.60 Å². The van der Waals surface area contributed by atoms with Crippen LogP contribution in [0.25, 0.3) is 0 Å². The van der Waals surface area contributed by atoms with Crippen LogP contribution in [-0.2, 0) is 0 Å². The molecule has 0 aromatic rings. The second-order valence-corrected chi connectivity index (χ2v) is 4.39. The minimum absolute atomic E-state index is 0.113. The third-order valence-electron chi connectivity index (χ3n) is 1.59. The Morgan fingerprint density at radius 2 is 1.71 bits per heavy atom. The third kappa shape index (κ3) is 8.06. The van der Waals surface area contributed by atoms with Gasteiger partial charge >= 0.3 is 0 Å². The molecule has 0 aromatic heterocycles. The summed E-state index contributed by atoms with van der Waals surface area (Å²) in [7, 11) is 0. The standard InChI is InChI=1S/C11H20O3/c1-10(2,13)9-11(3,14)7-5-4-6-8-12/h12-14H,4,6,8-9H2,1-3H3/t11-/m1/s1. The van der Waals surface area contributed by atoms with Gasteiger partial charge in [-0.3, -0.25) is 0 Å². The van der Waals surface area contributed by atoms with E-state index in [4.69, 9.17) is 5.11 Å². The SMILES string of the molecule is CC(C)(O)C[C@](C)(O)C#CCCCO. The summed E-state index contributed by atoms with van der Waals surface area (Å²) in [5, 5.41) is 27.8. The molecule has 3 nitrogen and oxygen atoms in total. The van der Waals surface area contributed by atoms with E-state index in [-0.39, 0.29) is 13.0 Å². The van der Waals surface area contributed by atoms with Gasteiger partial charge in [0, 0.05) is 19.4 Å². The van der Waals surface area contributed by atoms with Crippen molar-refractivity contribution in [2.24, 2.45) is 0 Å². The van der Waals surface area contributed by atoms with E-state index in [0.29, 0.717) is 12.8 Å². The van der Waals surface area contributed by atoms with E-state index in [1.165, 1.54) is 0 Å². The number of hydrogen-bond acceptors (Lipinski definition) is 3. The summed E-state index contributed by atoms with van der Waals surface area (Å²) in [5.74, 6) is 5.46. The summed E-state index contributed by atoms with van der Waals surface area (Å²) < 4.78 is 0. The quantitative estimate of drug-likeness (QED) is 0.462. The van der Waals surface area contributed by atoms with E-state index < -0.39 is 11.2 Å². The molecule has 0 rings (SSSR count). The first-order valence-corrected chi connectivity index (χ1v) is 4.82. The number of rotatable bonds is 4. The Morgan fingerprint density at radius 1 is 1.14 bits per heavy atom. The van der Waals surface area contributed by atoms with Crippen LogP contribution in [-0.4, -0.2) is 33.1 Å². The zero-order valence-electron chi connectivity index (χ0n) is 9.17. The highest BCUT2D eigenvalue weighted by atomic mass is 16.3. The average molecular weight is 200 g/mol. The van der Waals surface area contributed by atoms with Gasteiger partial charge < -0.3 is 15.3 Å². The van der Waals surface area contributed by atoms with Crippen molar-refractivity contribution in [2.45, 2.75) is 51.2 Å². The molecule has 82 valence electrons. The highest BCUT2D eigenvalue weighted by molar-refractivity contribution is 5.13. The molecule has 0 aliphatic heterocycles. The monoisotopic (exact) mass is 200 g/mol. The Labute approximate surface area is 85.8 Å². The van der Waals surface area contributed by atoms with Crippen LogP contribution in [0.15, 0.2) is 0 Å². The molecule has 0 unspecified atom stereocenters. The second kappa shape index (κ2) is 5.35. The number of aliphatic hydroxyl groups excluding tert-OH is 1. The Balaban J connectivity index is 4.10. The van der Waals surface area contributed by atoms with Crippen LogP contribution < -0.4 is 0 Å². The molecule has 0 heterocycles. The summed E-state index contributed by atoms with van der Waals surface area (Å²) in [5.41, 5.74) is -2.08. The predicted molar refractivity (Wildman–Crippen MR) is 55.6 cm³/mol.